The van der Waals surface area contributed by atoms with Gasteiger partial charge in [0.2, 0.25) is 5.91 Å². The molecule has 5 heterocycles. The lowest BCUT2D eigenvalue weighted by Gasteiger charge is -2.53. The second-order valence-corrected chi connectivity index (χ2v) is 12.0. The van der Waals surface area contributed by atoms with Crippen molar-refractivity contribution >= 4 is 29.4 Å². The summed E-state index contributed by atoms with van der Waals surface area (Å²) in [5, 5.41) is 20.1. The predicted octanol–water partition coefficient (Wildman–Crippen LogP) is 3.78. The number of nitrogens with zero attached hydrogens (tertiary/aromatic N) is 7. The smallest absolute Gasteiger partial charge is 0.338 e. The molecule has 0 atom stereocenters. The number of ether oxygens (including phenoxy) is 1. The summed E-state index contributed by atoms with van der Waals surface area (Å²) in [6.45, 7) is 1.58. The first-order valence-electron chi connectivity index (χ1n) is 14.8. The third-order valence-corrected chi connectivity index (χ3v) is 8.88. The van der Waals surface area contributed by atoms with Crippen molar-refractivity contribution in [3.8, 4) is 22.6 Å². The zero-order chi connectivity index (χ0) is 31.3. The van der Waals surface area contributed by atoms with Crippen LogP contribution in [0.3, 0.4) is 0 Å². The van der Waals surface area contributed by atoms with Crippen LogP contribution in [-0.4, -0.2) is 73.3 Å². The number of benzene rings is 1. The molecule has 1 spiro atoms. The number of carbonyl (C=O) groups excluding carboxylic acids is 2. The van der Waals surface area contributed by atoms with Gasteiger partial charge in [0, 0.05) is 68.1 Å². The zero-order valence-corrected chi connectivity index (χ0v) is 24.5. The van der Waals surface area contributed by atoms with Crippen LogP contribution in [0.15, 0.2) is 55.2 Å². The fraction of sp³-hybridized carbons (Fsp3) is 0.355. The van der Waals surface area contributed by atoms with E-state index in [2.05, 4.69) is 20.5 Å². The molecule has 2 saturated heterocycles. The summed E-state index contributed by atoms with van der Waals surface area (Å²) < 4.78 is 24.8. The number of pyridine rings is 1. The summed E-state index contributed by atoms with van der Waals surface area (Å²) in [7, 11) is 1.83. The Morgan fingerprint density at radius 3 is 2.56 bits per heavy atom. The SMILES string of the molecule is Cn1cc(-c2cc(OC3CCC4(CC3)CN(c3ncc(N5CCC(=O)NC5=O)cc3F)C4)ccc2-n2cc(C(=O)O)cn2)cn1. The van der Waals surface area contributed by atoms with Gasteiger partial charge < -0.3 is 14.7 Å². The number of urea groups is 1. The van der Waals surface area contributed by atoms with Crippen molar-refractivity contribution in [3.63, 3.8) is 0 Å². The molecule has 3 amide bonds. The predicted molar refractivity (Wildman–Crippen MR) is 160 cm³/mol. The third kappa shape index (κ3) is 5.47. The molecule has 45 heavy (non-hydrogen) atoms. The van der Waals surface area contributed by atoms with Gasteiger partial charge in [0.05, 0.1) is 41.6 Å². The molecule has 13 nitrogen and oxygen atoms in total. The highest BCUT2D eigenvalue weighted by Gasteiger charge is 2.46. The lowest BCUT2D eigenvalue weighted by atomic mass is 9.68. The van der Waals surface area contributed by atoms with Gasteiger partial charge in [0.15, 0.2) is 11.6 Å². The number of hydrogen-bond acceptors (Lipinski definition) is 8. The molecule has 3 aromatic heterocycles. The number of carboxylic acids is 1. The first-order chi connectivity index (χ1) is 21.7. The maximum absolute atomic E-state index is 15.1. The van der Waals surface area contributed by atoms with E-state index in [4.69, 9.17) is 4.74 Å². The van der Waals surface area contributed by atoms with Gasteiger partial charge in [0.1, 0.15) is 5.75 Å². The number of amides is 3. The Balaban J connectivity index is 0.992. The van der Waals surface area contributed by atoms with Crippen LogP contribution >= 0.6 is 0 Å². The summed E-state index contributed by atoms with van der Waals surface area (Å²) in [5.74, 6) is -0.908. The Hall–Kier alpha value is -5.27. The van der Waals surface area contributed by atoms with Crippen LogP contribution in [-0.2, 0) is 11.8 Å². The molecule has 1 aliphatic carbocycles. The maximum atomic E-state index is 15.1. The lowest BCUT2D eigenvalue weighted by Crippen LogP contribution is -2.59. The van der Waals surface area contributed by atoms with Gasteiger partial charge in [-0.15, -0.1) is 0 Å². The van der Waals surface area contributed by atoms with Gasteiger partial charge in [-0.25, -0.2) is 23.6 Å². The molecule has 0 bridgehead atoms. The van der Waals surface area contributed by atoms with E-state index in [1.807, 2.05) is 36.3 Å². The summed E-state index contributed by atoms with van der Waals surface area (Å²) in [6, 6.07) is 6.41. The molecule has 0 unspecified atom stereocenters. The quantitative estimate of drug-likeness (QED) is 0.317. The topological polar surface area (TPSA) is 148 Å². The van der Waals surface area contributed by atoms with Crippen LogP contribution in [0.25, 0.3) is 16.8 Å². The fourth-order valence-electron chi connectivity index (χ4n) is 6.50. The Morgan fingerprint density at radius 2 is 1.89 bits per heavy atom. The molecule has 2 N–H and O–H groups in total. The summed E-state index contributed by atoms with van der Waals surface area (Å²) in [5.41, 5.74) is 2.88. The van der Waals surface area contributed by atoms with Crippen LogP contribution in [0.1, 0.15) is 42.5 Å². The van der Waals surface area contributed by atoms with Crippen molar-refractivity contribution in [2.24, 2.45) is 12.5 Å². The molecule has 4 aromatic rings. The highest BCUT2D eigenvalue weighted by Crippen LogP contribution is 2.46. The van der Waals surface area contributed by atoms with Crippen molar-refractivity contribution in [1.29, 1.82) is 0 Å². The molecular weight excluding hydrogens is 583 g/mol. The molecule has 0 radical (unpaired) electrons. The molecule has 1 aromatic carbocycles. The number of carboxylic acid groups (broad SMARTS) is 1. The third-order valence-electron chi connectivity index (χ3n) is 8.88. The van der Waals surface area contributed by atoms with Crippen LogP contribution in [0, 0.1) is 11.2 Å². The molecule has 14 heteroatoms. The van der Waals surface area contributed by atoms with Crippen LogP contribution < -0.4 is 19.9 Å². The minimum absolute atomic E-state index is 0.0253. The number of hydrogen-bond donors (Lipinski definition) is 2. The largest absolute Gasteiger partial charge is 0.490 e. The van der Waals surface area contributed by atoms with Crippen molar-refractivity contribution in [1.82, 2.24) is 29.9 Å². The van der Waals surface area contributed by atoms with Gasteiger partial charge in [-0.1, -0.05) is 0 Å². The van der Waals surface area contributed by atoms with Gasteiger partial charge >= 0.3 is 12.0 Å². The number of rotatable bonds is 7. The number of imide groups is 1. The Morgan fingerprint density at radius 1 is 1.09 bits per heavy atom. The standard InChI is InChI=1S/C31H31FN8O5/c1-37-15-19(12-34-37)24-11-23(2-3-26(24)40-16-20(13-35-40)29(42)43)45-22-4-7-31(8-5-22)17-38(18-31)28-25(32)10-21(14-33-28)39-9-6-27(41)36-30(39)44/h2-3,10-16,22H,4-9,17-18H2,1H3,(H,42,43)(H,36,41,44). The van der Waals surface area contributed by atoms with Crippen LogP contribution in [0.4, 0.5) is 20.7 Å². The second kappa shape index (κ2) is 11.0. The zero-order valence-electron chi connectivity index (χ0n) is 24.5. The summed E-state index contributed by atoms with van der Waals surface area (Å²) >= 11 is 0. The van der Waals surface area contributed by atoms with E-state index in [1.54, 1.807) is 15.6 Å². The number of aromatic nitrogens is 5. The molecule has 1 saturated carbocycles. The van der Waals surface area contributed by atoms with E-state index in [1.165, 1.54) is 29.6 Å². The average Bonchev–Trinajstić information content (AvgIpc) is 3.67. The average molecular weight is 615 g/mol. The summed E-state index contributed by atoms with van der Waals surface area (Å²) in [6.07, 6.45) is 11.7. The Bertz CT molecular complexity index is 1800. The van der Waals surface area contributed by atoms with Crippen LogP contribution in [0.2, 0.25) is 0 Å². The number of aromatic carboxylic acids is 1. The highest BCUT2D eigenvalue weighted by atomic mass is 19.1. The molecule has 2 aliphatic heterocycles. The molecule has 3 aliphatic rings. The van der Waals surface area contributed by atoms with Gasteiger partial charge in [-0.05, 0) is 43.9 Å². The van der Waals surface area contributed by atoms with Gasteiger partial charge in [-0.2, -0.15) is 10.2 Å². The van der Waals surface area contributed by atoms with Crippen molar-refractivity contribution in [2.75, 3.05) is 29.4 Å². The minimum atomic E-state index is -1.05. The van der Waals surface area contributed by atoms with Crippen molar-refractivity contribution < 1.29 is 28.6 Å². The normalized spacial score (nSPS) is 18.2. The van der Waals surface area contributed by atoms with E-state index < -0.39 is 17.8 Å². The number of anilines is 2. The number of halogens is 1. The van der Waals surface area contributed by atoms with Crippen LogP contribution in [0.5, 0.6) is 5.75 Å². The van der Waals surface area contributed by atoms with E-state index in [9.17, 15) is 19.5 Å². The van der Waals surface area contributed by atoms with Gasteiger partial charge in [-0.3, -0.25) is 19.7 Å². The van der Waals surface area contributed by atoms with E-state index >= 15 is 4.39 Å². The molecule has 7 rings (SSSR count). The fourth-order valence-corrected chi connectivity index (χ4v) is 6.50. The monoisotopic (exact) mass is 614 g/mol. The highest BCUT2D eigenvalue weighted by molar-refractivity contribution is 6.05. The van der Waals surface area contributed by atoms with Gasteiger partial charge in [0.25, 0.3) is 0 Å². The first-order valence-corrected chi connectivity index (χ1v) is 14.8. The maximum Gasteiger partial charge on any atom is 0.338 e. The van der Waals surface area contributed by atoms with Crippen molar-refractivity contribution in [2.45, 2.75) is 38.2 Å². The first kappa shape index (κ1) is 28.5. The number of aryl methyl sites for hydroxylation is 1. The second-order valence-electron chi connectivity index (χ2n) is 12.0. The Labute approximate surface area is 257 Å². The lowest BCUT2D eigenvalue weighted by molar-refractivity contribution is -0.120. The summed E-state index contributed by atoms with van der Waals surface area (Å²) in [4.78, 5) is 42.5. The van der Waals surface area contributed by atoms with E-state index in [-0.39, 0.29) is 41.8 Å². The number of nitrogens with one attached hydrogen (secondary N) is 1. The van der Waals surface area contributed by atoms with Crippen molar-refractivity contribution in [3.05, 3.63) is 66.6 Å². The molecular formula is C31H31FN8O5. The molecule has 3 fully saturated rings. The minimum Gasteiger partial charge on any atom is -0.490 e. The van der Waals surface area contributed by atoms with E-state index in [0.717, 1.165) is 36.8 Å². The Kier molecular flexibility index (Phi) is 6.98. The number of carbonyl (C=O) groups is 3. The van der Waals surface area contributed by atoms with E-state index in [0.29, 0.717) is 30.2 Å². The molecule has 232 valence electrons.